The van der Waals surface area contributed by atoms with E-state index in [-0.39, 0.29) is 29.5 Å². The number of hydrogen-bond acceptors (Lipinski definition) is 6. The van der Waals surface area contributed by atoms with Crippen LogP contribution < -0.4 is 9.64 Å². The lowest BCUT2D eigenvalue weighted by Gasteiger charge is -2.40. The maximum Gasteiger partial charge on any atom is 0.239 e. The van der Waals surface area contributed by atoms with Gasteiger partial charge in [-0.15, -0.1) is 0 Å². The highest BCUT2D eigenvalue weighted by molar-refractivity contribution is 7.91. The summed E-state index contributed by atoms with van der Waals surface area (Å²) in [6, 6.07) is 7.69. The van der Waals surface area contributed by atoms with E-state index in [4.69, 9.17) is 4.74 Å². The lowest BCUT2D eigenvalue weighted by Crippen LogP contribution is -2.55. The first-order chi connectivity index (χ1) is 13.3. The maximum absolute atomic E-state index is 12.9. The van der Waals surface area contributed by atoms with E-state index in [9.17, 15) is 13.2 Å². The van der Waals surface area contributed by atoms with Crippen molar-refractivity contribution in [3.8, 4) is 5.75 Å². The fourth-order valence-corrected chi connectivity index (χ4v) is 5.77. The van der Waals surface area contributed by atoms with Crippen LogP contribution in [0.2, 0.25) is 0 Å². The van der Waals surface area contributed by atoms with Crippen LogP contribution >= 0.6 is 0 Å². The van der Waals surface area contributed by atoms with Crippen LogP contribution in [0.5, 0.6) is 5.75 Å². The molecular formula is C20H31N3O4S. The zero-order valence-electron chi connectivity index (χ0n) is 17.0. The Morgan fingerprint density at radius 1 is 1.21 bits per heavy atom. The first-order valence-electron chi connectivity index (χ1n) is 9.99. The van der Waals surface area contributed by atoms with Crippen LogP contribution in [0.4, 0.5) is 5.69 Å². The Kier molecular flexibility index (Phi) is 6.50. The molecule has 2 atom stereocenters. The molecule has 2 aliphatic heterocycles. The summed E-state index contributed by atoms with van der Waals surface area (Å²) in [6.45, 7) is 7.87. The van der Waals surface area contributed by atoms with Crippen LogP contribution in [-0.2, 0) is 14.6 Å². The van der Waals surface area contributed by atoms with E-state index in [0.29, 0.717) is 13.0 Å². The molecule has 7 nitrogen and oxygen atoms in total. The van der Waals surface area contributed by atoms with Gasteiger partial charge >= 0.3 is 0 Å². The molecule has 3 rings (SSSR count). The van der Waals surface area contributed by atoms with Crippen molar-refractivity contribution in [2.24, 2.45) is 0 Å². The van der Waals surface area contributed by atoms with E-state index in [0.717, 1.165) is 37.6 Å². The topological polar surface area (TPSA) is 70.2 Å². The van der Waals surface area contributed by atoms with Crippen LogP contribution in [0.25, 0.3) is 0 Å². The SMILES string of the molecule is CCOc1ccc(N2CCN([C@@H](C)C(=O)N(C)[C@@H]3CCS(=O)(=O)C3)CC2)cc1. The Labute approximate surface area is 168 Å². The number of hydrogen-bond donors (Lipinski definition) is 0. The van der Waals surface area contributed by atoms with Crippen LogP contribution in [0.1, 0.15) is 20.3 Å². The number of nitrogens with zero attached hydrogens (tertiary/aromatic N) is 3. The Morgan fingerprint density at radius 3 is 2.39 bits per heavy atom. The smallest absolute Gasteiger partial charge is 0.239 e. The Balaban J connectivity index is 1.53. The van der Waals surface area contributed by atoms with Gasteiger partial charge in [-0.2, -0.15) is 0 Å². The largest absolute Gasteiger partial charge is 0.494 e. The minimum absolute atomic E-state index is 0.0108. The first-order valence-corrected chi connectivity index (χ1v) is 11.8. The summed E-state index contributed by atoms with van der Waals surface area (Å²) < 4.78 is 28.9. The normalized spacial score (nSPS) is 23.4. The van der Waals surface area contributed by atoms with E-state index < -0.39 is 9.84 Å². The molecule has 156 valence electrons. The van der Waals surface area contributed by atoms with Crippen molar-refractivity contribution in [1.29, 1.82) is 0 Å². The standard InChI is InChI=1S/C20H31N3O4S/c1-4-27-19-7-5-17(6-8-19)23-12-10-22(11-13-23)16(2)20(24)21(3)18-9-14-28(25,26)15-18/h5-8,16,18H,4,9-15H2,1-3H3/t16-,18+/m0/s1. The fraction of sp³-hybridized carbons (Fsp3) is 0.650. The summed E-state index contributed by atoms with van der Waals surface area (Å²) in [7, 11) is -1.26. The fourth-order valence-electron chi connectivity index (χ4n) is 4.00. The second-order valence-corrected chi connectivity index (χ2v) is 9.86. The molecule has 1 aromatic carbocycles. The molecule has 0 unspecified atom stereocenters. The molecule has 1 aromatic rings. The average Bonchev–Trinajstić information content (AvgIpc) is 3.07. The van der Waals surface area contributed by atoms with Gasteiger partial charge in [0, 0.05) is 45.0 Å². The number of benzene rings is 1. The van der Waals surface area contributed by atoms with Gasteiger partial charge in [-0.3, -0.25) is 9.69 Å². The van der Waals surface area contributed by atoms with Crippen molar-refractivity contribution in [2.45, 2.75) is 32.4 Å². The van der Waals surface area contributed by atoms with Crippen molar-refractivity contribution in [2.75, 3.05) is 56.2 Å². The van der Waals surface area contributed by atoms with Gasteiger partial charge in [0.1, 0.15) is 5.75 Å². The number of carbonyl (C=O) groups excluding carboxylic acids is 1. The second-order valence-electron chi connectivity index (χ2n) is 7.63. The van der Waals surface area contributed by atoms with E-state index in [2.05, 4.69) is 21.9 Å². The van der Waals surface area contributed by atoms with Gasteiger partial charge < -0.3 is 14.5 Å². The predicted octanol–water partition coefficient (Wildman–Crippen LogP) is 1.24. The summed E-state index contributed by atoms with van der Waals surface area (Å²) in [5, 5.41) is 0. The third-order valence-electron chi connectivity index (χ3n) is 5.84. The van der Waals surface area contributed by atoms with Crippen molar-refractivity contribution >= 4 is 21.4 Å². The molecule has 0 saturated carbocycles. The number of sulfone groups is 1. The monoisotopic (exact) mass is 409 g/mol. The highest BCUT2D eigenvalue weighted by Crippen LogP contribution is 2.22. The zero-order valence-corrected chi connectivity index (χ0v) is 17.8. The Hall–Kier alpha value is -1.80. The lowest BCUT2D eigenvalue weighted by molar-refractivity contribution is -0.136. The van der Waals surface area contributed by atoms with Crippen molar-refractivity contribution < 1.29 is 17.9 Å². The third-order valence-corrected chi connectivity index (χ3v) is 7.59. The molecule has 8 heteroatoms. The number of carbonyl (C=O) groups is 1. The molecule has 2 saturated heterocycles. The number of likely N-dealkylation sites (N-methyl/N-ethyl adjacent to an activating group) is 1. The number of piperazine rings is 1. The van der Waals surface area contributed by atoms with Crippen LogP contribution in [0.3, 0.4) is 0 Å². The van der Waals surface area contributed by atoms with Crippen LogP contribution in [0.15, 0.2) is 24.3 Å². The number of rotatable bonds is 6. The van der Waals surface area contributed by atoms with E-state index >= 15 is 0 Å². The summed E-state index contributed by atoms with van der Waals surface area (Å²) >= 11 is 0. The molecule has 0 N–H and O–H groups in total. The van der Waals surface area contributed by atoms with Gasteiger partial charge in [-0.25, -0.2) is 8.42 Å². The van der Waals surface area contributed by atoms with Gasteiger partial charge in [0.2, 0.25) is 5.91 Å². The molecule has 2 heterocycles. The molecule has 0 aromatic heterocycles. The molecule has 0 spiro atoms. The molecule has 0 aliphatic carbocycles. The number of amides is 1. The molecule has 2 fully saturated rings. The number of anilines is 1. The summed E-state index contributed by atoms with van der Waals surface area (Å²) in [5.74, 6) is 1.16. The lowest BCUT2D eigenvalue weighted by atomic mass is 10.1. The highest BCUT2D eigenvalue weighted by Gasteiger charge is 2.35. The molecule has 1 amide bonds. The molecule has 0 bridgehead atoms. The van der Waals surface area contributed by atoms with E-state index in [1.165, 1.54) is 0 Å². The summed E-state index contributed by atoms with van der Waals surface area (Å²) in [6.07, 6.45) is 0.544. The Bertz CT molecular complexity index is 773. The van der Waals surface area contributed by atoms with Gasteiger partial charge in [-0.05, 0) is 44.5 Å². The average molecular weight is 410 g/mol. The third kappa shape index (κ3) is 4.78. The quantitative estimate of drug-likeness (QED) is 0.704. The van der Waals surface area contributed by atoms with E-state index in [1.54, 1.807) is 11.9 Å². The molecular weight excluding hydrogens is 378 g/mol. The van der Waals surface area contributed by atoms with E-state index in [1.807, 2.05) is 26.0 Å². The van der Waals surface area contributed by atoms with Gasteiger partial charge in [0.05, 0.1) is 24.2 Å². The van der Waals surface area contributed by atoms with Crippen molar-refractivity contribution in [3.63, 3.8) is 0 Å². The summed E-state index contributed by atoms with van der Waals surface area (Å²) in [4.78, 5) is 19.0. The molecule has 0 radical (unpaired) electrons. The molecule has 28 heavy (non-hydrogen) atoms. The minimum Gasteiger partial charge on any atom is -0.494 e. The maximum atomic E-state index is 12.9. The van der Waals surface area contributed by atoms with Gasteiger partial charge in [0.15, 0.2) is 9.84 Å². The van der Waals surface area contributed by atoms with Crippen LogP contribution in [-0.4, -0.2) is 87.5 Å². The second kappa shape index (κ2) is 8.69. The highest BCUT2D eigenvalue weighted by atomic mass is 32.2. The molecule has 2 aliphatic rings. The Morgan fingerprint density at radius 2 is 1.86 bits per heavy atom. The zero-order chi connectivity index (χ0) is 20.3. The summed E-state index contributed by atoms with van der Waals surface area (Å²) in [5.41, 5.74) is 1.16. The predicted molar refractivity (Wildman–Crippen MR) is 111 cm³/mol. The number of ether oxygens (including phenoxy) is 1. The minimum atomic E-state index is -2.99. The van der Waals surface area contributed by atoms with Crippen LogP contribution in [0, 0.1) is 0 Å². The van der Waals surface area contributed by atoms with Crippen molar-refractivity contribution in [3.05, 3.63) is 24.3 Å². The van der Waals surface area contributed by atoms with Crippen molar-refractivity contribution in [1.82, 2.24) is 9.80 Å². The van der Waals surface area contributed by atoms with Gasteiger partial charge in [-0.1, -0.05) is 0 Å². The first kappa shape index (κ1) is 20.9. The van der Waals surface area contributed by atoms with Gasteiger partial charge in [0.25, 0.3) is 0 Å².